The average Bonchev–Trinajstić information content (AvgIpc) is 2.59. The lowest BCUT2D eigenvalue weighted by atomic mass is 9.95. The maximum Gasteiger partial charge on any atom is 0.0468 e. The predicted molar refractivity (Wildman–Crippen MR) is 77.5 cm³/mol. The van der Waals surface area contributed by atoms with Crippen LogP contribution in [0.4, 0.5) is 0 Å². The average molecular weight is 233 g/mol. The number of hydrogen-bond donors (Lipinski definition) is 1. The topological polar surface area (TPSA) is 15.8 Å². The Bertz CT molecular complexity index is 711. The molecule has 0 saturated carbocycles. The van der Waals surface area contributed by atoms with Crippen molar-refractivity contribution in [1.82, 2.24) is 4.98 Å². The molecule has 0 atom stereocenters. The Morgan fingerprint density at radius 2 is 2.00 bits per heavy atom. The molecule has 88 valence electrons. The summed E-state index contributed by atoms with van der Waals surface area (Å²) in [4.78, 5) is 3.57. The van der Waals surface area contributed by atoms with E-state index in [1.807, 2.05) is 0 Å². The number of rotatable bonds is 0. The highest BCUT2D eigenvalue weighted by molar-refractivity contribution is 5.93. The van der Waals surface area contributed by atoms with E-state index in [2.05, 4.69) is 53.6 Å². The zero-order valence-corrected chi connectivity index (χ0v) is 10.2. The second-order valence-corrected chi connectivity index (χ2v) is 5.05. The fraction of sp³-hybridized carbons (Fsp3) is 0.176. The fourth-order valence-electron chi connectivity index (χ4n) is 2.97. The first kappa shape index (κ1) is 9.95. The molecule has 1 aromatic heterocycles. The van der Waals surface area contributed by atoms with Crippen LogP contribution in [0.15, 0.2) is 36.4 Å². The molecule has 0 radical (unpaired) electrons. The Labute approximate surface area is 107 Å². The van der Waals surface area contributed by atoms with Crippen LogP contribution in [0, 0.1) is 0 Å². The quantitative estimate of drug-likeness (QED) is 0.700. The van der Waals surface area contributed by atoms with E-state index in [-0.39, 0.29) is 0 Å². The zero-order valence-electron chi connectivity index (χ0n) is 10.2. The van der Waals surface area contributed by atoms with Crippen LogP contribution in [-0.2, 0) is 12.8 Å². The molecular formula is C17H15N. The monoisotopic (exact) mass is 233 g/mol. The lowest BCUT2D eigenvalue weighted by Crippen LogP contribution is -1.93. The van der Waals surface area contributed by atoms with Gasteiger partial charge >= 0.3 is 0 Å². The number of H-pyrrole nitrogens is 1. The zero-order chi connectivity index (χ0) is 11.9. The van der Waals surface area contributed by atoms with E-state index in [0.717, 1.165) is 6.42 Å². The summed E-state index contributed by atoms with van der Waals surface area (Å²) in [5.74, 6) is 0. The molecule has 2 aliphatic rings. The van der Waals surface area contributed by atoms with E-state index < -0.39 is 0 Å². The molecule has 0 spiro atoms. The molecule has 1 nitrogen and oxygen atoms in total. The van der Waals surface area contributed by atoms with Crippen molar-refractivity contribution in [2.24, 2.45) is 0 Å². The van der Waals surface area contributed by atoms with Crippen LogP contribution in [0.25, 0.3) is 23.1 Å². The summed E-state index contributed by atoms with van der Waals surface area (Å²) < 4.78 is 0. The van der Waals surface area contributed by atoms with E-state index in [0.29, 0.717) is 0 Å². The van der Waals surface area contributed by atoms with Crippen LogP contribution in [-0.4, -0.2) is 4.98 Å². The van der Waals surface area contributed by atoms with Crippen molar-refractivity contribution in [2.45, 2.75) is 19.3 Å². The van der Waals surface area contributed by atoms with Gasteiger partial charge in [0, 0.05) is 28.6 Å². The molecule has 18 heavy (non-hydrogen) atoms. The highest BCUT2D eigenvalue weighted by atomic mass is 14.7. The second-order valence-electron chi connectivity index (χ2n) is 5.05. The Balaban J connectivity index is 2.02. The Morgan fingerprint density at radius 3 is 3.00 bits per heavy atom. The van der Waals surface area contributed by atoms with E-state index in [9.17, 15) is 0 Å². The predicted octanol–water partition coefficient (Wildman–Crippen LogP) is 4.25. The highest BCUT2D eigenvalue weighted by Gasteiger charge is 2.13. The summed E-state index contributed by atoms with van der Waals surface area (Å²) in [5, 5.41) is 1.37. The van der Waals surface area contributed by atoms with E-state index in [4.69, 9.17) is 0 Å². The fourth-order valence-corrected chi connectivity index (χ4v) is 2.97. The van der Waals surface area contributed by atoms with Crippen LogP contribution in [0.2, 0.25) is 0 Å². The lowest BCUT2D eigenvalue weighted by molar-refractivity contribution is 0.989. The van der Waals surface area contributed by atoms with Gasteiger partial charge in [-0.25, -0.2) is 0 Å². The second kappa shape index (κ2) is 3.74. The van der Waals surface area contributed by atoms with Gasteiger partial charge in [0.1, 0.15) is 0 Å². The van der Waals surface area contributed by atoms with Gasteiger partial charge in [-0.15, -0.1) is 0 Å². The van der Waals surface area contributed by atoms with Crippen molar-refractivity contribution < 1.29 is 0 Å². The summed E-state index contributed by atoms with van der Waals surface area (Å²) >= 11 is 0. The van der Waals surface area contributed by atoms with Crippen LogP contribution in [0.3, 0.4) is 0 Å². The number of fused-ring (bicyclic) bond motifs is 4. The summed E-state index contributed by atoms with van der Waals surface area (Å²) in [7, 11) is 0. The van der Waals surface area contributed by atoms with Crippen LogP contribution in [0.5, 0.6) is 0 Å². The van der Waals surface area contributed by atoms with E-state index in [1.165, 1.54) is 46.1 Å². The van der Waals surface area contributed by atoms with Crippen molar-refractivity contribution in [3.05, 3.63) is 58.8 Å². The molecule has 2 aliphatic carbocycles. The maximum atomic E-state index is 3.57. The molecule has 0 aliphatic heterocycles. The molecule has 1 heteroatoms. The molecule has 1 N–H and O–H groups in total. The van der Waals surface area contributed by atoms with Gasteiger partial charge in [-0.05, 0) is 36.1 Å². The van der Waals surface area contributed by atoms with Gasteiger partial charge in [-0.2, -0.15) is 0 Å². The Hall–Kier alpha value is -2.02. The van der Waals surface area contributed by atoms with Crippen LogP contribution >= 0.6 is 0 Å². The van der Waals surface area contributed by atoms with Gasteiger partial charge in [0.25, 0.3) is 0 Å². The van der Waals surface area contributed by atoms with Crippen molar-refractivity contribution >= 4 is 23.1 Å². The molecule has 0 unspecified atom stereocenters. The molecule has 0 bridgehead atoms. The summed E-state index contributed by atoms with van der Waals surface area (Å²) in [6.45, 7) is 0. The Morgan fingerprint density at radius 1 is 1.00 bits per heavy atom. The summed E-state index contributed by atoms with van der Waals surface area (Å²) in [6.07, 6.45) is 16.5. The van der Waals surface area contributed by atoms with E-state index >= 15 is 0 Å². The molecule has 4 rings (SSSR count). The van der Waals surface area contributed by atoms with Crippen molar-refractivity contribution in [3.63, 3.8) is 0 Å². The minimum Gasteiger partial charge on any atom is -0.358 e. The summed E-state index contributed by atoms with van der Waals surface area (Å²) in [6, 6.07) is 4.67. The molecule has 1 heterocycles. The number of aromatic nitrogens is 1. The first-order chi connectivity index (χ1) is 8.92. The number of aryl methyl sites for hydroxylation is 1. The molecular weight excluding hydrogens is 218 g/mol. The van der Waals surface area contributed by atoms with Gasteiger partial charge < -0.3 is 4.98 Å². The molecule has 0 amide bonds. The van der Waals surface area contributed by atoms with E-state index in [1.54, 1.807) is 0 Å². The smallest absolute Gasteiger partial charge is 0.0468 e. The lowest BCUT2D eigenvalue weighted by Gasteiger charge is -2.10. The standard InChI is InChI=1S/C17H15N/c1-2-8-14-15-10-12-6-4-5-7-13(12)11-17(15)18-16(14)9-3-1/h1-3,5,7-8,10-11,18H,4,6,9H2. The van der Waals surface area contributed by atoms with Gasteiger partial charge in [-0.3, -0.25) is 0 Å². The van der Waals surface area contributed by atoms with Crippen molar-refractivity contribution in [2.75, 3.05) is 0 Å². The molecule has 2 aromatic rings. The normalized spacial score (nSPS) is 16.7. The number of benzene rings is 1. The highest BCUT2D eigenvalue weighted by Crippen LogP contribution is 2.31. The van der Waals surface area contributed by atoms with Crippen LogP contribution in [0.1, 0.15) is 28.8 Å². The first-order valence-corrected chi connectivity index (χ1v) is 6.59. The SMILES string of the molecule is C1=CCc2[nH]c3cc4c(cc3c2C=C1)CCC=C4. The van der Waals surface area contributed by atoms with Crippen LogP contribution < -0.4 is 0 Å². The van der Waals surface area contributed by atoms with Gasteiger partial charge in [0.05, 0.1) is 0 Å². The largest absolute Gasteiger partial charge is 0.358 e. The third kappa shape index (κ3) is 1.40. The third-order valence-corrected chi connectivity index (χ3v) is 3.89. The minimum atomic E-state index is 0.998. The van der Waals surface area contributed by atoms with Gasteiger partial charge in [0.2, 0.25) is 0 Å². The van der Waals surface area contributed by atoms with Gasteiger partial charge in [-0.1, -0.05) is 36.5 Å². The number of allylic oxidation sites excluding steroid dienone is 4. The molecule has 0 saturated heterocycles. The first-order valence-electron chi connectivity index (χ1n) is 6.59. The molecule has 1 aromatic carbocycles. The maximum absolute atomic E-state index is 3.57. The number of nitrogens with one attached hydrogen (secondary N) is 1. The van der Waals surface area contributed by atoms with Crippen molar-refractivity contribution in [1.29, 1.82) is 0 Å². The Kier molecular flexibility index (Phi) is 2.07. The number of hydrogen-bond acceptors (Lipinski definition) is 0. The minimum absolute atomic E-state index is 0.998. The molecule has 0 fully saturated rings. The third-order valence-electron chi connectivity index (χ3n) is 3.89. The summed E-state index contributed by atoms with van der Waals surface area (Å²) in [5.41, 5.74) is 6.83. The van der Waals surface area contributed by atoms with Gasteiger partial charge in [0.15, 0.2) is 0 Å². The van der Waals surface area contributed by atoms with Crippen molar-refractivity contribution in [3.8, 4) is 0 Å². The number of aromatic amines is 1.